The van der Waals surface area contributed by atoms with E-state index in [2.05, 4.69) is 5.32 Å². The van der Waals surface area contributed by atoms with E-state index in [1.54, 1.807) is 6.92 Å². The van der Waals surface area contributed by atoms with Gasteiger partial charge in [-0.1, -0.05) is 6.92 Å². The molecule has 0 bridgehead atoms. The van der Waals surface area contributed by atoms with Crippen molar-refractivity contribution in [2.45, 2.75) is 25.8 Å². The number of rotatable bonds is 5. The Hall–Kier alpha value is -1.36. The zero-order valence-corrected chi connectivity index (χ0v) is 9.21. The van der Waals surface area contributed by atoms with Crippen molar-refractivity contribution in [3.63, 3.8) is 0 Å². The number of aliphatic carboxylic acids is 1. The van der Waals surface area contributed by atoms with Crippen molar-refractivity contribution in [2.75, 3.05) is 0 Å². The van der Waals surface area contributed by atoms with Crippen LogP contribution in [0, 0.1) is 0 Å². The van der Waals surface area contributed by atoms with Crippen molar-refractivity contribution in [3.8, 4) is 0 Å². The fraction of sp³-hybridized carbons (Fsp3) is 0.400. The highest BCUT2D eigenvalue weighted by molar-refractivity contribution is 7.07. The SMILES string of the molecule is CCC(NC(=O)Cc1ccsc1)C(=O)O. The maximum Gasteiger partial charge on any atom is 0.326 e. The van der Waals surface area contributed by atoms with Gasteiger partial charge < -0.3 is 10.4 Å². The van der Waals surface area contributed by atoms with Gasteiger partial charge in [-0.05, 0) is 28.8 Å². The molecule has 1 unspecified atom stereocenters. The molecule has 0 fully saturated rings. The second kappa shape index (κ2) is 5.50. The maximum absolute atomic E-state index is 11.4. The summed E-state index contributed by atoms with van der Waals surface area (Å²) in [5, 5.41) is 15.0. The maximum atomic E-state index is 11.4. The van der Waals surface area contributed by atoms with Crippen LogP contribution in [0.2, 0.25) is 0 Å². The zero-order valence-electron chi connectivity index (χ0n) is 8.40. The second-order valence-corrected chi connectivity index (χ2v) is 3.95. The quantitative estimate of drug-likeness (QED) is 0.796. The van der Waals surface area contributed by atoms with Crippen molar-refractivity contribution in [1.29, 1.82) is 0 Å². The van der Waals surface area contributed by atoms with Gasteiger partial charge in [-0.3, -0.25) is 4.79 Å². The molecule has 1 rings (SSSR count). The van der Waals surface area contributed by atoms with Gasteiger partial charge in [0.05, 0.1) is 6.42 Å². The lowest BCUT2D eigenvalue weighted by Gasteiger charge is -2.11. The molecule has 4 nitrogen and oxygen atoms in total. The van der Waals surface area contributed by atoms with Crippen molar-refractivity contribution in [2.24, 2.45) is 0 Å². The van der Waals surface area contributed by atoms with Gasteiger partial charge >= 0.3 is 5.97 Å². The number of carbonyl (C=O) groups excluding carboxylic acids is 1. The largest absolute Gasteiger partial charge is 0.480 e. The first kappa shape index (κ1) is 11.7. The number of nitrogens with one attached hydrogen (secondary N) is 1. The lowest BCUT2D eigenvalue weighted by atomic mass is 10.2. The normalized spacial score (nSPS) is 12.1. The average molecular weight is 227 g/mol. The summed E-state index contributed by atoms with van der Waals surface area (Å²) in [7, 11) is 0. The molecule has 0 saturated heterocycles. The minimum absolute atomic E-state index is 0.243. The van der Waals surface area contributed by atoms with Crippen LogP contribution in [0.3, 0.4) is 0 Å². The summed E-state index contributed by atoms with van der Waals surface area (Å²) in [5.41, 5.74) is 0.915. The van der Waals surface area contributed by atoms with Gasteiger partial charge in [0.15, 0.2) is 0 Å². The van der Waals surface area contributed by atoms with E-state index in [9.17, 15) is 9.59 Å². The number of amides is 1. The molecule has 1 aromatic rings. The summed E-state index contributed by atoms with van der Waals surface area (Å²) in [5.74, 6) is -1.24. The topological polar surface area (TPSA) is 66.4 Å². The predicted octanol–water partition coefficient (Wildman–Crippen LogP) is 1.27. The summed E-state index contributed by atoms with van der Waals surface area (Å²) in [6.07, 6.45) is 0.637. The second-order valence-electron chi connectivity index (χ2n) is 3.17. The third kappa shape index (κ3) is 3.71. The van der Waals surface area contributed by atoms with Crippen LogP contribution in [-0.4, -0.2) is 23.0 Å². The predicted molar refractivity (Wildman–Crippen MR) is 57.9 cm³/mol. The Balaban J connectivity index is 2.45. The molecule has 0 aromatic carbocycles. The van der Waals surface area contributed by atoms with E-state index >= 15 is 0 Å². The molecule has 0 spiro atoms. The zero-order chi connectivity index (χ0) is 11.3. The highest BCUT2D eigenvalue weighted by Gasteiger charge is 2.17. The first-order chi connectivity index (χ1) is 7.13. The van der Waals surface area contributed by atoms with Crippen LogP contribution >= 0.6 is 11.3 Å². The lowest BCUT2D eigenvalue weighted by molar-refractivity contribution is -0.141. The molecule has 0 aliphatic rings. The minimum atomic E-state index is -0.990. The van der Waals surface area contributed by atoms with Crippen LogP contribution in [0.1, 0.15) is 18.9 Å². The third-order valence-electron chi connectivity index (χ3n) is 1.99. The minimum Gasteiger partial charge on any atom is -0.480 e. The average Bonchev–Trinajstić information content (AvgIpc) is 2.66. The fourth-order valence-electron chi connectivity index (χ4n) is 1.16. The first-order valence-corrected chi connectivity index (χ1v) is 5.61. The van der Waals surface area contributed by atoms with Gasteiger partial charge in [-0.25, -0.2) is 4.79 Å². The van der Waals surface area contributed by atoms with Crippen LogP contribution in [0.25, 0.3) is 0 Å². The van der Waals surface area contributed by atoms with E-state index in [1.807, 2.05) is 16.8 Å². The van der Waals surface area contributed by atoms with E-state index in [0.717, 1.165) is 5.56 Å². The van der Waals surface area contributed by atoms with Crippen LogP contribution in [0.4, 0.5) is 0 Å². The summed E-state index contributed by atoms with van der Waals surface area (Å²) in [4.78, 5) is 22.1. The van der Waals surface area contributed by atoms with E-state index in [0.29, 0.717) is 6.42 Å². The van der Waals surface area contributed by atoms with E-state index in [4.69, 9.17) is 5.11 Å². The Labute approximate surface area is 91.9 Å². The molecule has 15 heavy (non-hydrogen) atoms. The van der Waals surface area contributed by atoms with E-state index < -0.39 is 12.0 Å². The molecule has 2 N–H and O–H groups in total. The molecule has 1 heterocycles. The van der Waals surface area contributed by atoms with Gasteiger partial charge in [0, 0.05) is 0 Å². The third-order valence-corrected chi connectivity index (χ3v) is 2.72. The van der Waals surface area contributed by atoms with Gasteiger partial charge in [0.2, 0.25) is 5.91 Å². The van der Waals surface area contributed by atoms with Crippen molar-refractivity contribution in [3.05, 3.63) is 22.4 Å². The standard InChI is InChI=1S/C10H13NO3S/c1-2-8(10(13)14)11-9(12)5-7-3-4-15-6-7/h3-4,6,8H,2,5H2,1H3,(H,11,12)(H,13,14). The number of hydrogen-bond donors (Lipinski definition) is 2. The Morgan fingerprint density at radius 3 is 2.80 bits per heavy atom. The molecule has 1 atom stereocenters. The monoisotopic (exact) mass is 227 g/mol. The highest BCUT2D eigenvalue weighted by atomic mass is 32.1. The molecule has 5 heteroatoms. The highest BCUT2D eigenvalue weighted by Crippen LogP contribution is 2.06. The molecule has 82 valence electrons. The molecular weight excluding hydrogens is 214 g/mol. The molecule has 0 aliphatic heterocycles. The summed E-state index contributed by atoms with van der Waals surface area (Å²) < 4.78 is 0. The van der Waals surface area contributed by atoms with Crippen molar-refractivity contribution in [1.82, 2.24) is 5.32 Å². The molecule has 1 aromatic heterocycles. The van der Waals surface area contributed by atoms with Gasteiger partial charge in [-0.2, -0.15) is 11.3 Å². The van der Waals surface area contributed by atoms with Crippen LogP contribution in [0.15, 0.2) is 16.8 Å². The van der Waals surface area contributed by atoms with Crippen LogP contribution < -0.4 is 5.32 Å². The lowest BCUT2D eigenvalue weighted by Crippen LogP contribution is -2.40. The van der Waals surface area contributed by atoms with Gasteiger partial charge in [0.25, 0.3) is 0 Å². The molecule has 0 aliphatic carbocycles. The molecular formula is C10H13NO3S. The van der Waals surface area contributed by atoms with E-state index in [1.165, 1.54) is 11.3 Å². The molecule has 0 saturated carbocycles. The molecule has 0 radical (unpaired) electrons. The van der Waals surface area contributed by atoms with Crippen molar-refractivity contribution >= 4 is 23.2 Å². The summed E-state index contributed by atoms with van der Waals surface area (Å²) in [6.45, 7) is 1.73. The summed E-state index contributed by atoms with van der Waals surface area (Å²) >= 11 is 1.52. The number of carboxylic acid groups (broad SMARTS) is 1. The number of carboxylic acids is 1. The number of thiophene rings is 1. The molecule has 1 amide bonds. The van der Waals surface area contributed by atoms with Crippen LogP contribution in [0.5, 0.6) is 0 Å². The smallest absolute Gasteiger partial charge is 0.326 e. The summed E-state index contributed by atoms with van der Waals surface area (Å²) in [6, 6.07) is 1.07. The number of carbonyl (C=O) groups is 2. The fourth-order valence-corrected chi connectivity index (χ4v) is 1.83. The Morgan fingerprint density at radius 1 is 1.60 bits per heavy atom. The Bertz CT molecular complexity index is 334. The van der Waals surface area contributed by atoms with Crippen LogP contribution in [-0.2, 0) is 16.0 Å². The Morgan fingerprint density at radius 2 is 2.33 bits per heavy atom. The first-order valence-electron chi connectivity index (χ1n) is 4.66. The van der Waals surface area contributed by atoms with E-state index in [-0.39, 0.29) is 12.3 Å². The Kier molecular flexibility index (Phi) is 4.30. The van der Waals surface area contributed by atoms with Crippen molar-refractivity contribution < 1.29 is 14.7 Å². The number of hydrogen-bond acceptors (Lipinski definition) is 3. The van der Waals surface area contributed by atoms with Gasteiger partial charge in [0.1, 0.15) is 6.04 Å². The van der Waals surface area contributed by atoms with Gasteiger partial charge in [-0.15, -0.1) is 0 Å².